The third kappa shape index (κ3) is 3.46. The Labute approximate surface area is 152 Å². The molecule has 2 aliphatic rings. The number of hydrogen-bond acceptors (Lipinski definition) is 5. The summed E-state index contributed by atoms with van der Waals surface area (Å²) in [5.41, 5.74) is 8.88. The molecule has 134 valence electrons. The summed E-state index contributed by atoms with van der Waals surface area (Å²) in [5.74, 6) is -0.385. The molecule has 0 aliphatic carbocycles. The molecule has 4 rings (SSSR count). The van der Waals surface area contributed by atoms with Gasteiger partial charge in [-0.25, -0.2) is 0 Å². The van der Waals surface area contributed by atoms with Crippen LogP contribution in [0.4, 0.5) is 0 Å². The minimum atomic E-state index is -0.385. The van der Waals surface area contributed by atoms with Crippen molar-refractivity contribution in [1.29, 1.82) is 0 Å². The molecule has 2 aliphatic heterocycles. The molecule has 1 spiro atoms. The third-order valence-electron chi connectivity index (χ3n) is 5.22. The van der Waals surface area contributed by atoms with Gasteiger partial charge < -0.3 is 10.6 Å². The zero-order valence-electron chi connectivity index (χ0n) is 14.6. The van der Waals surface area contributed by atoms with Crippen LogP contribution in [0.3, 0.4) is 0 Å². The van der Waals surface area contributed by atoms with Crippen molar-refractivity contribution >= 4 is 11.6 Å². The first kappa shape index (κ1) is 16.7. The van der Waals surface area contributed by atoms with Gasteiger partial charge in [-0.1, -0.05) is 17.3 Å². The standard InChI is InChI=1S/C20H22N4O2/c21-19(25)16-4-1-3-15(11-16)14-24-9-6-20(7-10-24)12-18(23-26-20)17-5-2-8-22-13-17/h1-5,8,11,13H,6-7,9-10,12,14H2,(H2,21,25). The number of nitrogens with two attached hydrogens (primary N) is 1. The lowest BCUT2D eigenvalue weighted by atomic mass is 9.85. The van der Waals surface area contributed by atoms with Crippen molar-refractivity contribution in [2.75, 3.05) is 13.1 Å². The van der Waals surface area contributed by atoms with Crippen molar-refractivity contribution in [2.24, 2.45) is 10.9 Å². The number of aromatic nitrogens is 1. The molecule has 0 radical (unpaired) electrons. The molecule has 0 bridgehead atoms. The molecule has 6 heteroatoms. The molecule has 0 unspecified atom stereocenters. The molecule has 1 amide bonds. The first-order valence-electron chi connectivity index (χ1n) is 8.90. The summed E-state index contributed by atoms with van der Waals surface area (Å²) in [6.45, 7) is 2.70. The molecule has 0 saturated carbocycles. The Balaban J connectivity index is 1.35. The number of benzene rings is 1. The summed E-state index contributed by atoms with van der Waals surface area (Å²) in [6.07, 6.45) is 6.32. The Hall–Kier alpha value is -2.73. The van der Waals surface area contributed by atoms with Crippen molar-refractivity contribution in [1.82, 2.24) is 9.88 Å². The van der Waals surface area contributed by atoms with Gasteiger partial charge in [0.25, 0.3) is 0 Å². The van der Waals surface area contributed by atoms with Gasteiger partial charge in [0.2, 0.25) is 5.91 Å². The van der Waals surface area contributed by atoms with E-state index in [0.717, 1.165) is 55.7 Å². The number of nitrogens with zero attached hydrogens (tertiary/aromatic N) is 3. The Kier molecular flexibility index (Phi) is 4.42. The van der Waals surface area contributed by atoms with Crippen LogP contribution >= 0.6 is 0 Å². The minimum absolute atomic E-state index is 0.184. The number of pyridine rings is 1. The van der Waals surface area contributed by atoms with Crippen LogP contribution in [-0.2, 0) is 11.4 Å². The van der Waals surface area contributed by atoms with Crippen LogP contribution in [0.2, 0.25) is 0 Å². The van der Waals surface area contributed by atoms with Gasteiger partial charge in [-0.15, -0.1) is 0 Å². The van der Waals surface area contributed by atoms with Crippen molar-refractivity contribution in [3.63, 3.8) is 0 Å². The third-order valence-corrected chi connectivity index (χ3v) is 5.22. The molecule has 1 aromatic heterocycles. The average molecular weight is 350 g/mol. The second-order valence-electron chi connectivity index (χ2n) is 7.07. The maximum atomic E-state index is 11.3. The molecule has 1 saturated heterocycles. The van der Waals surface area contributed by atoms with E-state index in [-0.39, 0.29) is 11.5 Å². The van der Waals surface area contributed by atoms with E-state index in [2.05, 4.69) is 15.0 Å². The normalized spacial score (nSPS) is 19.2. The van der Waals surface area contributed by atoms with Crippen LogP contribution in [0.25, 0.3) is 0 Å². The SMILES string of the molecule is NC(=O)c1cccc(CN2CCC3(CC2)CC(c2cccnc2)=NO3)c1. The number of oxime groups is 1. The number of amides is 1. The summed E-state index contributed by atoms with van der Waals surface area (Å²) in [4.78, 5) is 23.8. The number of primary amides is 1. The lowest BCUT2D eigenvalue weighted by Gasteiger charge is -2.37. The smallest absolute Gasteiger partial charge is 0.248 e. The van der Waals surface area contributed by atoms with Gasteiger partial charge in [0.15, 0.2) is 0 Å². The maximum Gasteiger partial charge on any atom is 0.248 e. The van der Waals surface area contributed by atoms with E-state index < -0.39 is 0 Å². The summed E-state index contributed by atoms with van der Waals surface area (Å²) in [7, 11) is 0. The highest BCUT2D eigenvalue weighted by atomic mass is 16.7. The van der Waals surface area contributed by atoms with Crippen molar-refractivity contribution in [2.45, 2.75) is 31.4 Å². The largest absolute Gasteiger partial charge is 0.388 e. The molecule has 0 atom stereocenters. The molecular weight excluding hydrogens is 328 g/mol. The van der Waals surface area contributed by atoms with Crippen LogP contribution in [0.5, 0.6) is 0 Å². The number of hydrogen-bond donors (Lipinski definition) is 1. The van der Waals surface area contributed by atoms with Gasteiger partial charge in [-0.3, -0.25) is 14.7 Å². The van der Waals surface area contributed by atoms with Crippen molar-refractivity contribution in [3.05, 3.63) is 65.5 Å². The van der Waals surface area contributed by atoms with Gasteiger partial charge in [-0.2, -0.15) is 0 Å². The van der Waals surface area contributed by atoms with E-state index in [1.807, 2.05) is 36.5 Å². The molecule has 2 N–H and O–H groups in total. The number of likely N-dealkylation sites (tertiary alicyclic amines) is 1. The van der Waals surface area contributed by atoms with Gasteiger partial charge in [-0.05, 0) is 29.8 Å². The van der Waals surface area contributed by atoms with Crippen LogP contribution in [0, 0.1) is 0 Å². The van der Waals surface area contributed by atoms with E-state index >= 15 is 0 Å². The number of carbonyl (C=O) groups is 1. The Bertz CT molecular complexity index is 827. The molecule has 3 heterocycles. The van der Waals surface area contributed by atoms with Gasteiger partial charge in [0, 0.05) is 62.4 Å². The lowest BCUT2D eigenvalue weighted by Crippen LogP contribution is -2.44. The fourth-order valence-corrected chi connectivity index (χ4v) is 3.68. The fraction of sp³-hybridized carbons (Fsp3) is 0.350. The van der Waals surface area contributed by atoms with E-state index in [0.29, 0.717) is 5.56 Å². The quantitative estimate of drug-likeness (QED) is 0.918. The van der Waals surface area contributed by atoms with Crippen LogP contribution in [-0.4, -0.2) is 40.2 Å². The number of carbonyl (C=O) groups excluding carboxylic acids is 1. The molecule has 1 aromatic carbocycles. The summed E-state index contributed by atoms with van der Waals surface area (Å²) < 4.78 is 0. The molecule has 26 heavy (non-hydrogen) atoms. The zero-order chi connectivity index (χ0) is 18.0. The van der Waals surface area contributed by atoms with E-state index in [9.17, 15) is 4.79 Å². The molecular formula is C20H22N4O2. The fourth-order valence-electron chi connectivity index (χ4n) is 3.68. The zero-order valence-corrected chi connectivity index (χ0v) is 14.6. The van der Waals surface area contributed by atoms with Gasteiger partial charge >= 0.3 is 0 Å². The number of piperidine rings is 1. The second kappa shape index (κ2) is 6.88. The topological polar surface area (TPSA) is 80.8 Å². The molecule has 6 nitrogen and oxygen atoms in total. The number of rotatable bonds is 4. The predicted molar refractivity (Wildman–Crippen MR) is 98.7 cm³/mol. The van der Waals surface area contributed by atoms with Gasteiger partial charge in [0.1, 0.15) is 5.60 Å². The second-order valence-corrected chi connectivity index (χ2v) is 7.07. The van der Waals surface area contributed by atoms with E-state index in [1.54, 1.807) is 12.3 Å². The summed E-state index contributed by atoms with van der Waals surface area (Å²) in [6, 6.07) is 11.5. The lowest BCUT2D eigenvalue weighted by molar-refractivity contribution is -0.0627. The van der Waals surface area contributed by atoms with E-state index in [4.69, 9.17) is 10.6 Å². The maximum absolute atomic E-state index is 11.3. The molecule has 1 fully saturated rings. The van der Waals surface area contributed by atoms with Gasteiger partial charge in [0.05, 0.1) is 5.71 Å². The van der Waals surface area contributed by atoms with Crippen molar-refractivity contribution < 1.29 is 9.63 Å². The van der Waals surface area contributed by atoms with Crippen molar-refractivity contribution in [3.8, 4) is 0 Å². The monoisotopic (exact) mass is 350 g/mol. The first-order chi connectivity index (χ1) is 12.6. The summed E-state index contributed by atoms with van der Waals surface area (Å²) >= 11 is 0. The van der Waals surface area contributed by atoms with E-state index in [1.165, 1.54) is 0 Å². The highest BCUT2D eigenvalue weighted by molar-refractivity contribution is 6.01. The summed E-state index contributed by atoms with van der Waals surface area (Å²) in [5, 5.41) is 4.33. The predicted octanol–water partition coefficient (Wildman–Crippen LogP) is 2.34. The van der Waals surface area contributed by atoms with Crippen LogP contribution < -0.4 is 5.73 Å². The highest BCUT2D eigenvalue weighted by Crippen LogP contribution is 2.36. The highest BCUT2D eigenvalue weighted by Gasteiger charge is 2.42. The average Bonchev–Trinajstić information content (AvgIpc) is 3.09. The first-order valence-corrected chi connectivity index (χ1v) is 8.90. The Morgan fingerprint density at radius 2 is 2.08 bits per heavy atom. The Morgan fingerprint density at radius 1 is 1.23 bits per heavy atom. The van der Waals surface area contributed by atoms with Crippen LogP contribution in [0.15, 0.2) is 53.9 Å². The molecule has 2 aromatic rings. The Morgan fingerprint density at radius 3 is 2.81 bits per heavy atom. The van der Waals surface area contributed by atoms with Crippen LogP contribution in [0.1, 0.15) is 40.7 Å². The minimum Gasteiger partial charge on any atom is -0.388 e.